The SMILES string of the molecule is Cc1nccn1Cc1ccc(C(=O)NCCOc2cccc3ccccc23)cc1. The van der Waals surface area contributed by atoms with Crippen LogP contribution in [-0.4, -0.2) is 28.6 Å². The van der Waals surface area contributed by atoms with Crippen LogP contribution in [0.25, 0.3) is 10.8 Å². The average Bonchev–Trinajstić information content (AvgIpc) is 3.16. The molecule has 0 saturated carbocycles. The fourth-order valence-corrected chi connectivity index (χ4v) is 3.28. The first-order chi connectivity index (χ1) is 14.2. The summed E-state index contributed by atoms with van der Waals surface area (Å²) in [6.45, 7) is 3.57. The monoisotopic (exact) mass is 385 g/mol. The number of nitrogens with one attached hydrogen (secondary N) is 1. The van der Waals surface area contributed by atoms with Gasteiger partial charge in [-0.25, -0.2) is 4.98 Å². The van der Waals surface area contributed by atoms with Crippen molar-refractivity contribution in [3.8, 4) is 5.75 Å². The predicted octanol–water partition coefficient (Wildman–Crippen LogP) is 4.20. The third kappa shape index (κ3) is 4.46. The fraction of sp³-hybridized carbons (Fsp3) is 0.167. The van der Waals surface area contributed by atoms with E-state index in [4.69, 9.17) is 4.74 Å². The Kier molecular flexibility index (Phi) is 5.56. The van der Waals surface area contributed by atoms with Gasteiger partial charge in [-0.3, -0.25) is 4.79 Å². The number of amides is 1. The number of rotatable bonds is 7. The minimum absolute atomic E-state index is 0.100. The van der Waals surface area contributed by atoms with Crippen molar-refractivity contribution in [1.82, 2.24) is 14.9 Å². The summed E-state index contributed by atoms with van der Waals surface area (Å²) in [4.78, 5) is 16.6. The normalized spacial score (nSPS) is 10.8. The van der Waals surface area contributed by atoms with Crippen LogP contribution in [0.2, 0.25) is 0 Å². The summed E-state index contributed by atoms with van der Waals surface area (Å²) in [5, 5.41) is 5.13. The molecule has 0 atom stereocenters. The van der Waals surface area contributed by atoms with E-state index in [0.29, 0.717) is 18.7 Å². The molecule has 0 radical (unpaired) electrons. The Morgan fingerprint density at radius 2 is 1.83 bits per heavy atom. The Balaban J connectivity index is 1.29. The molecule has 1 aromatic heterocycles. The third-order valence-electron chi connectivity index (χ3n) is 4.89. The number of hydrogen-bond donors (Lipinski definition) is 1. The molecular weight excluding hydrogens is 362 g/mol. The highest BCUT2D eigenvalue weighted by atomic mass is 16.5. The molecule has 29 heavy (non-hydrogen) atoms. The van der Waals surface area contributed by atoms with E-state index in [1.54, 1.807) is 6.20 Å². The van der Waals surface area contributed by atoms with Gasteiger partial charge in [0.25, 0.3) is 5.91 Å². The fourth-order valence-electron chi connectivity index (χ4n) is 3.28. The van der Waals surface area contributed by atoms with Crippen LogP contribution in [0.5, 0.6) is 5.75 Å². The van der Waals surface area contributed by atoms with Gasteiger partial charge >= 0.3 is 0 Å². The molecule has 1 heterocycles. The standard InChI is InChI=1S/C24H23N3O2/c1-18-25-13-15-27(18)17-19-9-11-21(12-10-19)24(28)26-14-16-29-23-8-4-6-20-5-2-3-7-22(20)23/h2-13,15H,14,16-17H2,1H3,(H,26,28). The molecule has 5 heteroatoms. The van der Waals surface area contributed by atoms with Crippen LogP contribution in [0.1, 0.15) is 21.7 Å². The van der Waals surface area contributed by atoms with Crippen molar-refractivity contribution >= 4 is 16.7 Å². The van der Waals surface area contributed by atoms with Gasteiger partial charge in [-0.15, -0.1) is 0 Å². The van der Waals surface area contributed by atoms with Crippen LogP contribution in [0.4, 0.5) is 0 Å². The molecule has 3 aromatic carbocycles. The smallest absolute Gasteiger partial charge is 0.251 e. The van der Waals surface area contributed by atoms with E-state index in [-0.39, 0.29) is 5.91 Å². The lowest BCUT2D eigenvalue weighted by Crippen LogP contribution is -2.28. The zero-order valence-corrected chi connectivity index (χ0v) is 16.3. The quantitative estimate of drug-likeness (QED) is 0.485. The van der Waals surface area contributed by atoms with Crippen molar-refractivity contribution in [1.29, 1.82) is 0 Å². The molecule has 1 N–H and O–H groups in total. The van der Waals surface area contributed by atoms with E-state index >= 15 is 0 Å². The largest absolute Gasteiger partial charge is 0.491 e. The Morgan fingerprint density at radius 1 is 1.03 bits per heavy atom. The molecule has 0 spiro atoms. The molecule has 0 aliphatic rings. The van der Waals surface area contributed by atoms with Gasteiger partial charge in [-0.05, 0) is 36.1 Å². The summed E-state index contributed by atoms with van der Waals surface area (Å²) >= 11 is 0. The van der Waals surface area contributed by atoms with Crippen LogP contribution in [0.15, 0.2) is 79.1 Å². The topological polar surface area (TPSA) is 56.2 Å². The van der Waals surface area contributed by atoms with Gasteiger partial charge in [0.2, 0.25) is 0 Å². The molecule has 0 unspecified atom stereocenters. The van der Waals surface area contributed by atoms with Crippen LogP contribution in [0.3, 0.4) is 0 Å². The van der Waals surface area contributed by atoms with Gasteiger partial charge in [0.15, 0.2) is 0 Å². The molecule has 1 amide bonds. The van der Waals surface area contributed by atoms with Crippen molar-refractivity contribution in [2.45, 2.75) is 13.5 Å². The summed E-state index contributed by atoms with van der Waals surface area (Å²) in [5.41, 5.74) is 1.77. The highest BCUT2D eigenvalue weighted by molar-refractivity contribution is 5.94. The zero-order chi connectivity index (χ0) is 20.1. The number of hydrogen-bond acceptors (Lipinski definition) is 3. The van der Waals surface area contributed by atoms with E-state index in [9.17, 15) is 4.79 Å². The number of imidazole rings is 1. The number of carbonyl (C=O) groups excluding carboxylic acids is 1. The lowest BCUT2D eigenvalue weighted by atomic mass is 10.1. The molecule has 0 saturated heterocycles. The first-order valence-electron chi connectivity index (χ1n) is 9.66. The second-order valence-electron chi connectivity index (χ2n) is 6.88. The van der Waals surface area contributed by atoms with Crippen molar-refractivity contribution in [3.63, 3.8) is 0 Å². The second kappa shape index (κ2) is 8.61. The van der Waals surface area contributed by atoms with E-state index < -0.39 is 0 Å². The Bertz CT molecular complexity index is 1110. The van der Waals surface area contributed by atoms with E-state index in [2.05, 4.69) is 27.0 Å². The van der Waals surface area contributed by atoms with Crippen LogP contribution < -0.4 is 10.1 Å². The maximum Gasteiger partial charge on any atom is 0.251 e. The van der Waals surface area contributed by atoms with Crippen molar-refractivity contribution in [2.75, 3.05) is 13.2 Å². The second-order valence-corrected chi connectivity index (χ2v) is 6.88. The number of aromatic nitrogens is 2. The molecule has 0 aliphatic carbocycles. The maximum atomic E-state index is 12.4. The molecule has 0 aliphatic heterocycles. The lowest BCUT2D eigenvalue weighted by molar-refractivity contribution is 0.0947. The zero-order valence-electron chi connectivity index (χ0n) is 16.3. The third-order valence-corrected chi connectivity index (χ3v) is 4.89. The number of carbonyl (C=O) groups is 1. The van der Waals surface area contributed by atoms with Crippen molar-refractivity contribution < 1.29 is 9.53 Å². The molecule has 4 aromatic rings. The summed E-state index contributed by atoms with van der Waals surface area (Å²) in [6, 6.07) is 21.7. The van der Waals surface area contributed by atoms with Gasteiger partial charge in [0, 0.05) is 29.9 Å². The summed E-state index contributed by atoms with van der Waals surface area (Å²) in [7, 11) is 0. The molecule has 0 bridgehead atoms. The van der Waals surface area contributed by atoms with Crippen LogP contribution >= 0.6 is 0 Å². The average molecular weight is 385 g/mol. The van der Waals surface area contributed by atoms with E-state index in [1.165, 1.54) is 0 Å². The van der Waals surface area contributed by atoms with Gasteiger partial charge in [0.1, 0.15) is 18.2 Å². The highest BCUT2D eigenvalue weighted by Crippen LogP contribution is 2.24. The first-order valence-corrected chi connectivity index (χ1v) is 9.66. The minimum Gasteiger partial charge on any atom is -0.491 e. The first kappa shape index (κ1) is 18.7. The summed E-state index contributed by atoms with van der Waals surface area (Å²) < 4.78 is 7.94. The Labute approximate surface area is 170 Å². The van der Waals surface area contributed by atoms with Gasteiger partial charge in [-0.1, -0.05) is 48.5 Å². The lowest BCUT2D eigenvalue weighted by Gasteiger charge is -2.10. The van der Waals surface area contributed by atoms with E-state index in [0.717, 1.165) is 34.5 Å². The molecular formula is C24H23N3O2. The van der Waals surface area contributed by atoms with Crippen molar-refractivity contribution in [3.05, 3.63) is 96.1 Å². The van der Waals surface area contributed by atoms with Crippen molar-refractivity contribution in [2.24, 2.45) is 0 Å². The van der Waals surface area contributed by atoms with Gasteiger partial charge < -0.3 is 14.6 Å². The van der Waals surface area contributed by atoms with Gasteiger partial charge in [0.05, 0.1) is 6.54 Å². The van der Waals surface area contributed by atoms with Crippen LogP contribution in [0, 0.1) is 6.92 Å². The number of benzene rings is 3. The summed E-state index contributed by atoms with van der Waals surface area (Å²) in [6.07, 6.45) is 3.74. The summed E-state index contributed by atoms with van der Waals surface area (Å²) in [5.74, 6) is 1.70. The predicted molar refractivity (Wildman–Crippen MR) is 114 cm³/mol. The van der Waals surface area contributed by atoms with Gasteiger partial charge in [-0.2, -0.15) is 0 Å². The molecule has 4 rings (SSSR count). The minimum atomic E-state index is -0.100. The molecule has 146 valence electrons. The molecule has 5 nitrogen and oxygen atoms in total. The number of nitrogens with zero attached hydrogens (tertiary/aromatic N) is 2. The Morgan fingerprint density at radius 3 is 2.62 bits per heavy atom. The number of fused-ring (bicyclic) bond motifs is 1. The van der Waals surface area contributed by atoms with Crippen LogP contribution in [-0.2, 0) is 6.54 Å². The highest BCUT2D eigenvalue weighted by Gasteiger charge is 2.06. The number of aryl methyl sites for hydroxylation is 1. The van der Waals surface area contributed by atoms with E-state index in [1.807, 2.05) is 67.7 Å². The number of ether oxygens (including phenoxy) is 1. The maximum absolute atomic E-state index is 12.4. The Hall–Kier alpha value is -3.60. The molecule has 0 fully saturated rings.